The minimum Gasteiger partial charge on any atom is -0.493 e. The van der Waals surface area contributed by atoms with Crippen LogP contribution in [0.15, 0.2) is 5.38 Å². The molecular weight excluding hydrogens is 208 g/mol. The molecule has 15 heavy (non-hydrogen) atoms. The highest BCUT2D eigenvalue weighted by molar-refractivity contribution is 7.13. The topological polar surface area (TPSA) is 36.4 Å². The first kappa shape index (κ1) is 10.7. The lowest BCUT2D eigenvalue weighted by Crippen LogP contribution is -2.23. The smallest absolute Gasteiger partial charge is 0.223 e. The molecule has 1 saturated heterocycles. The van der Waals surface area contributed by atoms with E-state index in [0.717, 1.165) is 24.1 Å². The molecule has 3 nitrogen and oxygen atoms in total. The third-order valence-corrected chi connectivity index (χ3v) is 4.06. The number of thiazole rings is 1. The Labute approximate surface area is 94.8 Å². The fraction of sp³-hybridized carbons (Fsp3) is 0.727. The van der Waals surface area contributed by atoms with Gasteiger partial charge in [-0.25, -0.2) is 0 Å². The van der Waals surface area contributed by atoms with Gasteiger partial charge in [0, 0.05) is 13.1 Å². The Morgan fingerprint density at radius 2 is 2.40 bits per heavy atom. The molecule has 0 spiro atoms. The Hall–Kier alpha value is -0.770. The van der Waals surface area contributed by atoms with Crippen LogP contribution in [-0.4, -0.2) is 23.2 Å². The Kier molecular flexibility index (Phi) is 3.46. The highest BCUT2D eigenvalue weighted by Gasteiger charge is 2.17. The van der Waals surface area contributed by atoms with Crippen LogP contribution >= 0.6 is 11.3 Å². The van der Waals surface area contributed by atoms with Crippen LogP contribution < -0.4 is 4.90 Å². The van der Waals surface area contributed by atoms with Gasteiger partial charge in [0.2, 0.25) is 5.88 Å². The van der Waals surface area contributed by atoms with Crippen molar-refractivity contribution in [2.45, 2.75) is 32.6 Å². The highest BCUT2D eigenvalue weighted by Crippen LogP contribution is 2.28. The summed E-state index contributed by atoms with van der Waals surface area (Å²) in [5.41, 5.74) is 0. The van der Waals surface area contributed by atoms with Crippen molar-refractivity contribution in [1.29, 1.82) is 0 Å². The van der Waals surface area contributed by atoms with Gasteiger partial charge >= 0.3 is 0 Å². The van der Waals surface area contributed by atoms with Gasteiger partial charge in [-0.2, -0.15) is 4.98 Å². The summed E-state index contributed by atoms with van der Waals surface area (Å²) in [7, 11) is 0. The summed E-state index contributed by atoms with van der Waals surface area (Å²) in [4.78, 5) is 6.43. The van der Waals surface area contributed by atoms with E-state index in [1.807, 2.05) is 0 Å². The van der Waals surface area contributed by atoms with Crippen LogP contribution in [0, 0.1) is 5.92 Å². The molecule has 0 bridgehead atoms. The van der Waals surface area contributed by atoms with E-state index in [9.17, 15) is 5.11 Å². The van der Waals surface area contributed by atoms with Gasteiger partial charge in [-0.3, -0.25) is 0 Å². The van der Waals surface area contributed by atoms with E-state index in [2.05, 4.69) is 16.8 Å². The third-order valence-electron chi connectivity index (χ3n) is 3.18. The van der Waals surface area contributed by atoms with Crippen molar-refractivity contribution in [2.24, 2.45) is 5.92 Å². The lowest BCUT2D eigenvalue weighted by Gasteiger charge is -2.18. The minimum atomic E-state index is 0.159. The predicted octanol–water partition coefficient (Wildman–Crippen LogP) is 2.87. The summed E-state index contributed by atoms with van der Waals surface area (Å²) in [5.74, 6) is 1.04. The number of rotatable bonds is 2. The summed E-state index contributed by atoms with van der Waals surface area (Å²) in [5, 5.41) is 11.9. The van der Waals surface area contributed by atoms with Crippen molar-refractivity contribution in [3.05, 3.63) is 5.38 Å². The molecule has 2 rings (SSSR count). The zero-order chi connectivity index (χ0) is 10.7. The van der Waals surface area contributed by atoms with Crippen molar-refractivity contribution in [1.82, 2.24) is 4.98 Å². The molecule has 4 heteroatoms. The standard InChI is InChI=1S/C11H18N2OS/c1-2-9-4-3-6-13(7-5-9)11-12-10(14)8-15-11/h8-9,14H,2-7H2,1H3. The van der Waals surface area contributed by atoms with Gasteiger partial charge in [-0.1, -0.05) is 13.3 Å². The minimum absolute atomic E-state index is 0.159. The van der Waals surface area contributed by atoms with Gasteiger partial charge in [0.05, 0.1) is 5.38 Å². The SMILES string of the molecule is CCC1CCCN(c2nc(O)cs2)CC1. The normalized spacial score (nSPS) is 22.7. The molecule has 1 atom stereocenters. The van der Waals surface area contributed by atoms with E-state index < -0.39 is 0 Å². The van der Waals surface area contributed by atoms with Crippen molar-refractivity contribution in [3.63, 3.8) is 0 Å². The predicted molar refractivity (Wildman–Crippen MR) is 63.6 cm³/mol. The Morgan fingerprint density at radius 3 is 3.07 bits per heavy atom. The molecule has 1 aliphatic rings. The first-order valence-corrected chi connectivity index (χ1v) is 6.57. The van der Waals surface area contributed by atoms with Crippen LogP contribution in [-0.2, 0) is 0 Å². The van der Waals surface area contributed by atoms with Gasteiger partial charge in [-0.15, -0.1) is 11.3 Å². The summed E-state index contributed by atoms with van der Waals surface area (Å²) >= 11 is 1.54. The first-order valence-electron chi connectivity index (χ1n) is 5.69. The second-order valence-electron chi connectivity index (χ2n) is 4.18. The van der Waals surface area contributed by atoms with Crippen LogP contribution in [0.5, 0.6) is 5.88 Å². The molecule has 1 N–H and O–H groups in total. The van der Waals surface area contributed by atoms with Crippen LogP contribution in [0.3, 0.4) is 0 Å². The molecular formula is C11H18N2OS. The molecule has 1 aromatic heterocycles. The summed E-state index contributed by atoms with van der Waals surface area (Å²) < 4.78 is 0. The maximum absolute atomic E-state index is 9.22. The Balaban J connectivity index is 1.99. The van der Waals surface area contributed by atoms with Gasteiger partial charge < -0.3 is 10.0 Å². The molecule has 2 heterocycles. The quantitative estimate of drug-likeness (QED) is 0.842. The van der Waals surface area contributed by atoms with Crippen molar-refractivity contribution in [2.75, 3.05) is 18.0 Å². The Morgan fingerprint density at radius 1 is 1.53 bits per heavy atom. The average molecular weight is 226 g/mol. The number of aromatic hydroxyl groups is 1. The largest absolute Gasteiger partial charge is 0.493 e. The van der Waals surface area contributed by atoms with E-state index in [1.165, 1.54) is 37.0 Å². The summed E-state index contributed by atoms with van der Waals surface area (Å²) in [6.07, 6.45) is 5.14. The number of nitrogens with zero attached hydrogens (tertiary/aromatic N) is 2. The maximum atomic E-state index is 9.22. The lowest BCUT2D eigenvalue weighted by atomic mass is 9.98. The second kappa shape index (κ2) is 4.84. The molecule has 0 saturated carbocycles. The van der Waals surface area contributed by atoms with Crippen LogP contribution in [0.4, 0.5) is 5.13 Å². The van der Waals surface area contributed by atoms with E-state index in [-0.39, 0.29) is 5.88 Å². The van der Waals surface area contributed by atoms with E-state index in [0.29, 0.717) is 0 Å². The molecule has 1 fully saturated rings. The van der Waals surface area contributed by atoms with Crippen molar-refractivity contribution < 1.29 is 5.11 Å². The summed E-state index contributed by atoms with van der Waals surface area (Å²) in [6, 6.07) is 0. The van der Waals surface area contributed by atoms with Gasteiger partial charge in [0.25, 0.3) is 0 Å². The van der Waals surface area contributed by atoms with Crippen molar-refractivity contribution in [3.8, 4) is 5.88 Å². The van der Waals surface area contributed by atoms with E-state index in [4.69, 9.17) is 0 Å². The average Bonchev–Trinajstić information content (AvgIpc) is 2.54. The van der Waals surface area contributed by atoms with Gasteiger partial charge in [-0.05, 0) is 25.2 Å². The van der Waals surface area contributed by atoms with Gasteiger partial charge in [0.1, 0.15) is 0 Å². The van der Waals surface area contributed by atoms with E-state index in [1.54, 1.807) is 5.38 Å². The summed E-state index contributed by atoms with van der Waals surface area (Å²) in [6.45, 7) is 4.45. The number of hydrogen-bond donors (Lipinski definition) is 1. The third kappa shape index (κ3) is 2.62. The molecule has 1 aromatic rings. The van der Waals surface area contributed by atoms with E-state index >= 15 is 0 Å². The first-order chi connectivity index (χ1) is 7.29. The molecule has 1 unspecified atom stereocenters. The molecule has 0 aliphatic carbocycles. The van der Waals surface area contributed by atoms with Gasteiger partial charge in [0.15, 0.2) is 5.13 Å². The zero-order valence-electron chi connectivity index (χ0n) is 9.15. The van der Waals surface area contributed by atoms with Crippen LogP contribution in [0.25, 0.3) is 0 Å². The number of anilines is 1. The fourth-order valence-corrected chi connectivity index (χ4v) is 2.91. The van der Waals surface area contributed by atoms with Crippen LogP contribution in [0.2, 0.25) is 0 Å². The number of aromatic nitrogens is 1. The Bertz CT molecular complexity index is 313. The molecule has 0 aromatic carbocycles. The fourth-order valence-electron chi connectivity index (χ4n) is 2.17. The highest BCUT2D eigenvalue weighted by atomic mass is 32.1. The molecule has 84 valence electrons. The molecule has 0 radical (unpaired) electrons. The lowest BCUT2D eigenvalue weighted by molar-refractivity contribution is 0.456. The second-order valence-corrected chi connectivity index (χ2v) is 5.02. The molecule has 0 amide bonds. The molecule has 1 aliphatic heterocycles. The maximum Gasteiger partial charge on any atom is 0.223 e. The van der Waals surface area contributed by atoms with Crippen molar-refractivity contribution >= 4 is 16.5 Å². The monoisotopic (exact) mass is 226 g/mol. The van der Waals surface area contributed by atoms with Crippen LogP contribution in [0.1, 0.15) is 32.6 Å². The zero-order valence-corrected chi connectivity index (χ0v) is 9.96. The number of hydrogen-bond acceptors (Lipinski definition) is 4.